The summed E-state index contributed by atoms with van der Waals surface area (Å²) in [4.78, 5) is 25.3. The number of anilines is 1. The van der Waals surface area contributed by atoms with E-state index in [4.69, 9.17) is 19.9 Å². The van der Waals surface area contributed by atoms with E-state index in [1.54, 1.807) is 10.9 Å². The molecule has 4 heterocycles. The number of aromatic nitrogens is 4. The molecule has 29 heavy (non-hydrogen) atoms. The van der Waals surface area contributed by atoms with Crippen LogP contribution in [0.5, 0.6) is 0 Å². The molecule has 4 rings (SSSR count). The van der Waals surface area contributed by atoms with E-state index in [0.717, 1.165) is 18.4 Å². The number of ether oxygens (including phenoxy) is 3. The molecule has 1 unspecified atom stereocenters. The van der Waals surface area contributed by atoms with Crippen LogP contribution < -0.4 is 11.1 Å². The molecule has 0 saturated carbocycles. The first-order chi connectivity index (χ1) is 13.8. The molecule has 0 spiro atoms. The van der Waals surface area contributed by atoms with E-state index in [9.17, 15) is 4.79 Å². The number of carbonyl (C=O) groups is 1. The van der Waals surface area contributed by atoms with Crippen molar-refractivity contribution in [2.75, 3.05) is 12.3 Å². The van der Waals surface area contributed by atoms with E-state index >= 15 is 0 Å². The maximum atomic E-state index is 12.8. The number of fused-ring (bicyclic) bond motifs is 2. The number of nitrogens with zero attached hydrogens (tertiary/aromatic N) is 4. The predicted molar refractivity (Wildman–Crippen MR) is 105 cm³/mol. The topological polar surface area (TPSA) is 126 Å². The first kappa shape index (κ1) is 19.7. The number of amides is 1. The van der Waals surface area contributed by atoms with Gasteiger partial charge in [0.1, 0.15) is 24.1 Å². The van der Waals surface area contributed by atoms with Crippen LogP contribution in [0, 0.1) is 0 Å². The van der Waals surface area contributed by atoms with Gasteiger partial charge in [-0.2, -0.15) is 0 Å². The highest BCUT2D eigenvalue weighted by atomic mass is 16.8. The number of hydrogen-bond donors (Lipinski definition) is 2. The maximum Gasteiger partial charge on any atom is 0.252 e. The van der Waals surface area contributed by atoms with Crippen molar-refractivity contribution < 1.29 is 19.0 Å². The smallest absolute Gasteiger partial charge is 0.252 e. The summed E-state index contributed by atoms with van der Waals surface area (Å²) >= 11 is 0. The predicted octanol–water partition coefficient (Wildman–Crippen LogP) is 1.30. The van der Waals surface area contributed by atoms with E-state index < -0.39 is 30.3 Å². The number of carbonyl (C=O) groups excluding carboxylic acids is 1. The van der Waals surface area contributed by atoms with Crippen molar-refractivity contribution in [1.82, 2.24) is 24.8 Å². The molecule has 2 aromatic heterocycles. The highest BCUT2D eigenvalue weighted by Crippen LogP contribution is 2.43. The minimum absolute atomic E-state index is 0.244. The van der Waals surface area contributed by atoms with E-state index in [1.807, 2.05) is 20.8 Å². The summed E-state index contributed by atoms with van der Waals surface area (Å²) in [6.45, 7) is 10.1. The number of imidazole rings is 1. The van der Waals surface area contributed by atoms with E-state index in [0.29, 0.717) is 17.7 Å². The Morgan fingerprint density at radius 2 is 2.07 bits per heavy atom. The minimum Gasteiger partial charge on any atom is -0.382 e. The Bertz CT molecular complexity index is 942. The second-order valence-electron chi connectivity index (χ2n) is 7.74. The van der Waals surface area contributed by atoms with Gasteiger partial charge in [-0.05, 0) is 26.7 Å². The lowest BCUT2D eigenvalue weighted by Gasteiger charge is -2.24. The van der Waals surface area contributed by atoms with Crippen molar-refractivity contribution in [2.24, 2.45) is 0 Å². The van der Waals surface area contributed by atoms with Crippen LogP contribution in [0.3, 0.4) is 0 Å². The lowest BCUT2D eigenvalue weighted by molar-refractivity contribution is -0.197. The van der Waals surface area contributed by atoms with Crippen molar-refractivity contribution in [2.45, 2.75) is 63.9 Å². The normalized spacial score (nSPS) is 27.8. The fourth-order valence-electron chi connectivity index (χ4n) is 3.71. The largest absolute Gasteiger partial charge is 0.382 e. The van der Waals surface area contributed by atoms with Gasteiger partial charge in [0.05, 0.1) is 6.33 Å². The van der Waals surface area contributed by atoms with Crippen LogP contribution in [0.25, 0.3) is 11.2 Å². The van der Waals surface area contributed by atoms with Gasteiger partial charge in [0, 0.05) is 6.54 Å². The quantitative estimate of drug-likeness (QED) is 0.692. The second-order valence-corrected chi connectivity index (χ2v) is 7.74. The van der Waals surface area contributed by atoms with Gasteiger partial charge in [-0.1, -0.05) is 19.1 Å². The summed E-state index contributed by atoms with van der Waals surface area (Å²) in [5.74, 6) is -0.805. The Morgan fingerprint density at radius 3 is 2.83 bits per heavy atom. The molecule has 3 N–H and O–H groups in total. The number of hydrogen-bond acceptors (Lipinski definition) is 8. The zero-order valence-electron chi connectivity index (χ0n) is 16.8. The number of nitrogens with one attached hydrogen (secondary N) is 1. The molecule has 2 saturated heterocycles. The van der Waals surface area contributed by atoms with Gasteiger partial charge in [-0.15, -0.1) is 0 Å². The highest BCUT2D eigenvalue weighted by Gasteiger charge is 2.58. The van der Waals surface area contributed by atoms with E-state index in [2.05, 4.69) is 26.8 Å². The summed E-state index contributed by atoms with van der Waals surface area (Å²) in [6, 6.07) is 0. The van der Waals surface area contributed by atoms with Gasteiger partial charge in [0.2, 0.25) is 0 Å². The molecule has 2 fully saturated rings. The first-order valence-electron chi connectivity index (χ1n) is 9.69. The van der Waals surface area contributed by atoms with Crippen molar-refractivity contribution in [3.8, 4) is 0 Å². The van der Waals surface area contributed by atoms with Crippen LogP contribution in [-0.4, -0.2) is 56.1 Å². The SMILES string of the molecule is C=C(CC)CCNC(=O)[C@H]1OC(n2cnc3c(N)ncnc32)[C@@H]2OC(C)(C)O[C@H]12. The molecule has 0 radical (unpaired) electrons. The fraction of sp³-hybridized carbons (Fsp3) is 0.579. The molecule has 1 amide bonds. The molecule has 10 nitrogen and oxygen atoms in total. The van der Waals surface area contributed by atoms with Crippen molar-refractivity contribution in [3.05, 3.63) is 24.8 Å². The van der Waals surface area contributed by atoms with Crippen LogP contribution in [0.15, 0.2) is 24.8 Å². The summed E-state index contributed by atoms with van der Waals surface area (Å²) < 4.78 is 19.9. The Hall–Kier alpha value is -2.56. The standard InChI is InChI=1S/C19H26N6O4/c1-5-10(2)6-7-21-17(26)13-12-14(29-19(3,4)28-12)18(27-13)25-9-24-11-15(20)22-8-23-16(11)25/h8-9,12-14,18H,2,5-7H2,1,3-4H3,(H,21,26)(H2,20,22,23)/t12-,13+,14-,18?/m1/s1. The van der Waals surface area contributed by atoms with Crippen LogP contribution in [0.1, 0.15) is 39.8 Å². The summed E-state index contributed by atoms with van der Waals surface area (Å²) in [5, 5.41) is 2.91. The second kappa shape index (κ2) is 7.36. The monoisotopic (exact) mass is 402 g/mol. The van der Waals surface area contributed by atoms with Gasteiger partial charge >= 0.3 is 0 Å². The van der Waals surface area contributed by atoms with Gasteiger partial charge < -0.3 is 25.3 Å². The Kier molecular flexibility index (Phi) is 5.01. The van der Waals surface area contributed by atoms with E-state index in [-0.39, 0.29) is 11.7 Å². The van der Waals surface area contributed by atoms with Gasteiger partial charge in [-0.25, -0.2) is 15.0 Å². The molecular formula is C19H26N6O4. The Balaban J connectivity index is 1.58. The Labute approximate surface area is 168 Å². The zero-order chi connectivity index (χ0) is 20.8. The molecule has 0 aromatic carbocycles. The molecule has 10 heteroatoms. The molecule has 2 aromatic rings. The summed E-state index contributed by atoms with van der Waals surface area (Å²) in [6.07, 6.45) is 2.02. The lowest BCUT2D eigenvalue weighted by Crippen LogP contribution is -2.43. The summed E-state index contributed by atoms with van der Waals surface area (Å²) in [5.41, 5.74) is 7.95. The third kappa shape index (κ3) is 3.59. The molecule has 4 atom stereocenters. The van der Waals surface area contributed by atoms with Crippen LogP contribution in [0.4, 0.5) is 5.82 Å². The summed E-state index contributed by atoms with van der Waals surface area (Å²) in [7, 11) is 0. The van der Waals surface area contributed by atoms with E-state index in [1.165, 1.54) is 6.33 Å². The average Bonchev–Trinajstić information content (AvgIpc) is 3.32. The van der Waals surface area contributed by atoms with Crippen LogP contribution in [0.2, 0.25) is 0 Å². The van der Waals surface area contributed by atoms with Gasteiger partial charge in [-0.3, -0.25) is 9.36 Å². The number of nitrogen functional groups attached to an aromatic ring is 1. The molecule has 0 aliphatic carbocycles. The lowest BCUT2D eigenvalue weighted by atomic mass is 10.1. The van der Waals surface area contributed by atoms with Crippen molar-refractivity contribution >= 4 is 22.9 Å². The molecular weight excluding hydrogens is 376 g/mol. The molecule has 2 aliphatic rings. The first-order valence-corrected chi connectivity index (χ1v) is 9.69. The number of nitrogens with two attached hydrogens (primary N) is 1. The highest BCUT2D eigenvalue weighted by molar-refractivity contribution is 5.83. The Morgan fingerprint density at radius 1 is 1.31 bits per heavy atom. The van der Waals surface area contributed by atoms with Crippen LogP contribution in [-0.2, 0) is 19.0 Å². The third-order valence-electron chi connectivity index (χ3n) is 5.23. The molecule has 156 valence electrons. The zero-order valence-corrected chi connectivity index (χ0v) is 16.8. The molecule has 2 aliphatic heterocycles. The van der Waals surface area contributed by atoms with Crippen molar-refractivity contribution in [3.63, 3.8) is 0 Å². The fourth-order valence-corrected chi connectivity index (χ4v) is 3.71. The maximum absolute atomic E-state index is 12.8. The van der Waals surface area contributed by atoms with Crippen molar-refractivity contribution in [1.29, 1.82) is 0 Å². The van der Waals surface area contributed by atoms with Gasteiger partial charge in [0.15, 0.2) is 29.6 Å². The van der Waals surface area contributed by atoms with Gasteiger partial charge in [0.25, 0.3) is 5.91 Å². The average molecular weight is 402 g/mol. The number of rotatable bonds is 6. The third-order valence-corrected chi connectivity index (χ3v) is 5.23. The minimum atomic E-state index is -0.837. The molecule has 0 bridgehead atoms. The van der Waals surface area contributed by atoms with Crippen LogP contribution >= 0.6 is 0 Å².